The number of hydrogen-bond acceptors (Lipinski definition) is 3. The van der Waals surface area contributed by atoms with Crippen molar-refractivity contribution in [3.8, 4) is 0 Å². The van der Waals surface area contributed by atoms with Crippen LogP contribution in [0.25, 0.3) is 0 Å². The molecule has 80 valence electrons. The predicted molar refractivity (Wildman–Crippen MR) is 59.9 cm³/mol. The molecule has 0 atom stereocenters. The largest absolute Gasteiger partial charge is 0.298 e. The summed E-state index contributed by atoms with van der Waals surface area (Å²) in [6.07, 6.45) is 2.07. The second-order valence-electron chi connectivity index (χ2n) is 3.53. The SMILES string of the molecule is O=Cc1cc(Br)c2c(c1)CCCS2(=O)=O. The Balaban J connectivity index is 2.74. The van der Waals surface area contributed by atoms with Gasteiger partial charge in [-0.1, -0.05) is 0 Å². The fraction of sp³-hybridized carbons (Fsp3) is 0.300. The van der Waals surface area contributed by atoms with Gasteiger partial charge in [0.05, 0.1) is 10.6 Å². The summed E-state index contributed by atoms with van der Waals surface area (Å²) in [6.45, 7) is 0. The van der Waals surface area contributed by atoms with Gasteiger partial charge in [0.25, 0.3) is 0 Å². The Kier molecular flexibility index (Phi) is 2.68. The van der Waals surface area contributed by atoms with E-state index in [1.807, 2.05) is 0 Å². The number of carbonyl (C=O) groups excluding carboxylic acids is 1. The Morgan fingerprint density at radius 1 is 1.33 bits per heavy atom. The molecular weight excluding hydrogens is 280 g/mol. The van der Waals surface area contributed by atoms with E-state index in [9.17, 15) is 13.2 Å². The molecule has 15 heavy (non-hydrogen) atoms. The van der Waals surface area contributed by atoms with E-state index >= 15 is 0 Å². The summed E-state index contributed by atoms with van der Waals surface area (Å²) in [5.74, 6) is 0.193. The van der Waals surface area contributed by atoms with Gasteiger partial charge in [-0.05, 0) is 46.5 Å². The van der Waals surface area contributed by atoms with E-state index in [0.717, 1.165) is 18.3 Å². The first-order valence-corrected chi connectivity index (χ1v) is 6.99. The molecule has 1 aliphatic rings. The molecule has 2 rings (SSSR count). The van der Waals surface area contributed by atoms with E-state index in [0.29, 0.717) is 21.4 Å². The van der Waals surface area contributed by atoms with Crippen LogP contribution in [-0.4, -0.2) is 20.5 Å². The van der Waals surface area contributed by atoms with Crippen molar-refractivity contribution in [1.29, 1.82) is 0 Å². The number of carbonyl (C=O) groups is 1. The predicted octanol–water partition coefficient (Wildman–Crippen LogP) is 1.98. The van der Waals surface area contributed by atoms with E-state index < -0.39 is 9.84 Å². The number of aldehydes is 1. The maximum absolute atomic E-state index is 11.8. The van der Waals surface area contributed by atoms with Crippen molar-refractivity contribution >= 4 is 32.1 Å². The Morgan fingerprint density at radius 3 is 2.73 bits per heavy atom. The molecule has 0 saturated heterocycles. The lowest BCUT2D eigenvalue weighted by Crippen LogP contribution is -2.17. The van der Waals surface area contributed by atoms with Crippen LogP contribution in [0.4, 0.5) is 0 Å². The van der Waals surface area contributed by atoms with Crippen LogP contribution in [0.1, 0.15) is 22.3 Å². The van der Waals surface area contributed by atoms with Gasteiger partial charge in [0.15, 0.2) is 9.84 Å². The van der Waals surface area contributed by atoms with Crippen LogP contribution in [0.15, 0.2) is 21.5 Å². The molecule has 0 fully saturated rings. The van der Waals surface area contributed by atoms with Crippen LogP contribution in [0, 0.1) is 0 Å². The van der Waals surface area contributed by atoms with Gasteiger partial charge in [-0.2, -0.15) is 0 Å². The molecule has 3 nitrogen and oxygen atoms in total. The lowest BCUT2D eigenvalue weighted by atomic mass is 10.1. The highest BCUT2D eigenvalue weighted by Crippen LogP contribution is 2.32. The van der Waals surface area contributed by atoms with Crippen molar-refractivity contribution in [3.63, 3.8) is 0 Å². The zero-order valence-corrected chi connectivity index (χ0v) is 10.3. The molecule has 1 heterocycles. The fourth-order valence-corrected chi connectivity index (χ4v) is 4.73. The minimum Gasteiger partial charge on any atom is -0.298 e. The highest BCUT2D eigenvalue weighted by Gasteiger charge is 2.26. The lowest BCUT2D eigenvalue weighted by molar-refractivity contribution is 0.112. The van der Waals surface area contributed by atoms with Gasteiger partial charge in [0.2, 0.25) is 0 Å². The lowest BCUT2D eigenvalue weighted by Gasteiger charge is -2.17. The second kappa shape index (κ2) is 3.72. The van der Waals surface area contributed by atoms with Crippen molar-refractivity contribution in [2.45, 2.75) is 17.7 Å². The third-order valence-corrected chi connectivity index (χ3v) is 5.27. The third kappa shape index (κ3) is 1.86. The summed E-state index contributed by atoms with van der Waals surface area (Å²) in [7, 11) is -3.16. The number of aryl methyl sites for hydroxylation is 1. The van der Waals surface area contributed by atoms with Gasteiger partial charge in [-0.15, -0.1) is 0 Å². The summed E-state index contributed by atoms with van der Waals surface area (Å²) in [6, 6.07) is 3.21. The standard InChI is InChI=1S/C10H9BrO3S/c11-9-5-7(6-12)4-8-2-1-3-15(13,14)10(8)9/h4-6H,1-3H2. The molecule has 1 aromatic carbocycles. The van der Waals surface area contributed by atoms with E-state index in [1.165, 1.54) is 0 Å². The summed E-state index contributed by atoms with van der Waals surface area (Å²) in [4.78, 5) is 11.0. The Hall–Kier alpha value is -0.680. The van der Waals surface area contributed by atoms with Crippen LogP contribution >= 0.6 is 15.9 Å². The van der Waals surface area contributed by atoms with Crippen molar-refractivity contribution in [1.82, 2.24) is 0 Å². The molecule has 0 saturated carbocycles. The smallest absolute Gasteiger partial charge is 0.179 e. The third-order valence-electron chi connectivity index (χ3n) is 2.45. The summed E-state index contributed by atoms with van der Waals surface area (Å²) in [5, 5.41) is 0. The quantitative estimate of drug-likeness (QED) is 0.743. The van der Waals surface area contributed by atoms with Crippen LogP contribution in [0.3, 0.4) is 0 Å². The Morgan fingerprint density at radius 2 is 2.07 bits per heavy atom. The maximum Gasteiger partial charge on any atom is 0.179 e. The molecule has 1 aliphatic heterocycles. The van der Waals surface area contributed by atoms with Gasteiger partial charge < -0.3 is 0 Å². The van der Waals surface area contributed by atoms with Crippen molar-refractivity contribution in [2.24, 2.45) is 0 Å². The topological polar surface area (TPSA) is 51.2 Å². The molecule has 5 heteroatoms. The first-order valence-electron chi connectivity index (χ1n) is 4.55. The number of benzene rings is 1. The van der Waals surface area contributed by atoms with E-state index in [-0.39, 0.29) is 5.75 Å². The monoisotopic (exact) mass is 288 g/mol. The average molecular weight is 289 g/mol. The molecule has 0 radical (unpaired) electrons. The molecule has 0 aliphatic carbocycles. The van der Waals surface area contributed by atoms with Crippen LogP contribution in [-0.2, 0) is 16.3 Å². The van der Waals surface area contributed by atoms with Crippen molar-refractivity contribution < 1.29 is 13.2 Å². The number of halogens is 1. The molecule has 0 spiro atoms. The van der Waals surface area contributed by atoms with Gasteiger partial charge >= 0.3 is 0 Å². The highest BCUT2D eigenvalue weighted by atomic mass is 79.9. The summed E-state index contributed by atoms with van der Waals surface area (Å²) < 4.78 is 24.1. The first kappa shape index (κ1) is 10.8. The number of sulfone groups is 1. The highest BCUT2D eigenvalue weighted by molar-refractivity contribution is 9.10. The van der Waals surface area contributed by atoms with Gasteiger partial charge in [-0.25, -0.2) is 8.42 Å². The van der Waals surface area contributed by atoms with Gasteiger partial charge in [-0.3, -0.25) is 4.79 Å². The van der Waals surface area contributed by atoms with Crippen molar-refractivity contribution in [2.75, 3.05) is 5.75 Å². The molecular formula is C10H9BrO3S. The molecule has 0 aromatic heterocycles. The van der Waals surface area contributed by atoms with E-state index in [4.69, 9.17) is 0 Å². The summed E-state index contributed by atoms with van der Waals surface area (Å²) in [5.41, 5.74) is 1.26. The number of rotatable bonds is 1. The minimum atomic E-state index is -3.16. The number of hydrogen-bond donors (Lipinski definition) is 0. The van der Waals surface area contributed by atoms with Crippen LogP contribution in [0.5, 0.6) is 0 Å². The van der Waals surface area contributed by atoms with Crippen molar-refractivity contribution in [3.05, 3.63) is 27.7 Å². The zero-order valence-electron chi connectivity index (χ0n) is 7.86. The molecule has 0 bridgehead atoms. The molecule has 0 unspecified atom stereocenters. The normalized spacial score (nSPS) is 18.2. The fourth-order valence-electron chi connectivity index (χ4n) is 1.83. The minimum absolute atomic E-state index is 0.193. The number of fused-ring (bicyclic) bond motifs is 1. The second-order valence-corrected chi connectivity index (χ2v) is 6.43. The first-order chi connectivity index (χ1) is 7.04. The Labute approximate surface area is 96.5 Å². The molecule has 0 N–H and O–H groups in total. The van der Waals surface area contributed by atoms with Gasteiger partial charge in [0, 0.05) is 10.0 Å². The summed E-state index contributed by atoms with van der Waals surface area (Å²) >= 11 is 3.21. The van der Waals surface area contributed by atoms with E-state index in [2.05, 4.69) is 15.9 Å². The molecule has 1 aromatic rings. The van der Waals surface area contributed by atoms with Crippen LogP contribution < -0.4 is 0 Å². The Bertz CT molecular complexity index is 520. The van der Waals surface area contributed by atoms with Gasteiger partial charge in [0.1, 0.15) is 6.29 Å². The molecule has 0 amide bonds. The average Bonchev–Trinajstić information content (AvgIpc) is 2.15. The van der Waals surface area contributed by atoms with Crippen LogP contribution in [0.2, 0.25) is 0 Å². The zero-order chi connectivity index (χ0) is 11.1. The van der Waals surface area contributed by atoms with E-state index in [1.54, 1.807) is 12.1 Å². The maximum atomic E-state index is 11.8.